The SMILES string of the molecule is CC/C=C\C/C=C\C/C=C\CCCCCCCCCCOCC(COC(=O)CCCCCCCCCCC/C=C\C/C=C\CCCCC)OC(=O)CCCCCCC/C=C\C/C=C\C/C=C\CC. The molecule has 0 heterocycles. The third-order valence-electron chi connectivity index (χ3n) is 12.1. The molecule has 5 nitrogen and oxygen atoms in total. The molecule has 0 radical (unpaired) electrons. The van der Waals surface area contributed by atoms with Crippen molar-refractivity contribution in [2.24, 2.45) is 0 Å². The highest BCUT2D eigenvalue weighted by atomic mass is 16.6. The molecule has 0 aromatic rings. The highest BCUT2D eigenvalue weighted by Gasteiger charge is 2.17. The number of hydrogen-bond acceptors (Lipinski definition) is 5. The Morgan fingerprint density at radius 2 is 0.662 bits per heavy atom. The van der Waals surface area contributed by atoms with Gasteiger partial charge in [0.1, 0.15) is 6.61 Å². The average molecular weight is 946 g/mol. The van der Waals surface area contributed by atoms with Crippen molar-refractivity contribution in [3.05, 3.63) is 97.2 Å². The third kappa shape index (κ3) is 55.4. The van der Waals surface area contributed by atoms with Gasteiger partial charge >= 0.3 is 11.9 Å². The first kappa shape index (κ1) is 64.8. The fraction of sp³-hybridized carbons (Fsp3) is 0.714. The Hall–Kier alpha value is -3.18. The van der Waals surface area contributed by atoms with E-state index in [4.69, 9.17) is 14.2 Å². The Kier molecular flexibility index (Phi) is 55.4. The third-order valence-corrected chi connectivity index (χ3v) is 12.1. The van der Waals surface area contributed by atoms with Crippen molar-refractivity contribution in [3.8, 4) is 0 Å². The summed E-state index contributed by atoms with van der Waals surface area (Å²) in [7, 11) is 0. The van der Waals surface area contributed by atoms with Crippen LogP contribution in [-0.4, -0.2) is 37.9 Å². The van der Waals surface area contributed by atoms with Crippen LogP contribution in [0.25, 0.3) is 0 Å². The van der Waals surface area contributed by atoms with E-state index in [1.807, 2.05) is 0 Å². The summed E-state index contributed by atoms with van der Waals surface area (Å²) in [6.45, 7) is 7.56. The van der Waals surface area contributed by atoms with Crippen molar-refractivity contribution < 1.29 is 23.8 Å². The van der Waals surface area contributed by atoms with Gasteiger partial charge in [-0.1, -0.05) is 234 Å². The van der Waals surface area contributed by atoms with E-state index in [0.717, 1.165) is 103 Å². The highest BCUT2D eigenvalue weighted by Crippen LogP contribution is 2.15. The van der Waals surface area contributed by atoms with Gasteiger partial charge in [-0.05, 0) is 116 Å². The molecule has 0 spiro atoms. The minimum absolute atomic E-state index is 0.0690. The number of carbonyl (C=O) groups is 2. The first-order chi connectivity index (χ1) is 33.6. The summed E-state index contributed by atoms with van der Waals surface area (Å²) < 4.78 is 17.5. The van der Waals surface area contributed by atoms with Crippen LogP contribution in [0.2, 0.25) is 0 Å². The monoisotopic (exact) mass is 945 g/mol. The van der Waals surface area contributed by atoms with Crippen molar-refractivity contribution in [1.82, 2.24) is 0 Å². The van der Waals surface area contributed by atoms with E-state index >= 15 is 0 Å². The molecule has 1 atom stereocenters. The van der Waals surface area contributed by atoms with Gasteiger partial charge in [-0.15, -0.1) is 0 Å². The molecule has 0 amide bonds. The lowest BCUT2D eigenvalue weighted by molar-refractivity contribution is -0.163. The van der Waals surface area contributed by atoms with Gasteiger partial charge in [-0.25, -0.2) is 0 Å². The molecule has 0 aliphatic rings. The Bertz CT molecular complexity index is 1300. The van der Waals surface area contributed by atoms with Crippen molar-refractivity contribution in [3.63, 3.8) is 0 Å². The van der Waals surface area contributed by atoms with Gasteiger partial charge < -0.3 is 14.2 Å². The number of ether oxygens (including phenoxy) is 3. The summed E-state index contributed by atoms with van der Waals surface area (Å²) in [6, 6.07) is 0. The zero-order valence-electron chi connectivity index (χ0n) is 44.8. The molecule has 68 heavy (non-hydrogen) atoms. The maximum absolute atomic E-state index is 12.9. The Morgan fingerprint density at radius 3 is 1.06 bits per heavy atom. The topological polar surface area (TPSA) is 61.8 Å². The van der Waals surface area contributed by atoms with Crippen molar-refractivity contribution in [2.75, 3.05) is 19.8 Å². The lowest BCUT2D eigenvalue weighted by Gasteiger charge is -2.18. The average Bonchev–Trinajstić information content (AvgIpc) is 3.34. The minimum atomic E-state index is -0.557. The fourth-order valence-corrected chi connectivity index (χ4v) is 7.86. The molecule has 0 rings (SSSR count). The molecular formula is C63H108O5. The molecule has 390 valence electrons. The first-order valence-electron chi connectivity index (χ1n) is 28.8. The number of allylic oxidation sites excluding steroid dienone is 16. The molecule has 0 N–H and O–H groups in total. The van der Waals surface area contributed by atoms with Crippen LogP contribution in [0.3, 0.4) is 0 Å². The number of rotatable bonds is 52. The van der Waals surface area contributed by atoms with Crippen molar-refractivity contribution in [2.45, 2.75) is 271 Å². The van der Waals surface area contributed by atoms with E-state index < -0.39 is 6.10 Å². The van der Waals surface area contributed by atoms with Crippen LogP contribution in [0.1, 0.15) is 265 Å². The Labute approximate surface area is 422 Å². The lowest BCUT2D eigenvalue weighted by atomic mass is 10.1. The zero-order chi connectivity index (χ0) is 49.2. The van der Waals surface area contributed by atoms with E-state index in [0.29, 0.717) is 19.4 Å². The van der Waals surface area contributed by atoms with Crippen LogP contribution in [0.5, 0.6) is 0 Å². The van der Waals surface area contributed by atoms with Crippen LogP contribution < -0.4 is 0 Å². The largest absolute Gasteiger partial charge is 0.462 e. The highest BCUT2D eigenvalue weighted by molar-refractivity contribution is 5.70. The first-order valence-corrected chi connectivity index (χ1v) is 28.8. The second-order valence-electron chi connectivity index (χ2n) is 18.8. The maximum atomic E-state index is 12.9. The number of esters is 2. The van der Waals surface area contributed by atoms with Crippen LogP contribution in [0, 0.1) is 0 Å². The summed E-state index contributed by atoms with van der Waals surface area (Å²) >= 11 is 0. The van der Waals surface area contributed by atoms with Crippen LogP contribution in [0.4, 0.5) is 0 Å². The smallest absolute Gasteiger partial charge is 0.306 e. The van der Waals surface area contributed by atoms with E-state index in [1.165, 1.54) is 128 Å². The number of carbonyl (C=O) groups excluding carboxylic acids is 2. The Morgan fingerprint density at radius 1 is 0.338 bits per heavy atom. The van der Waals surface area contributed by atoms with E-state index in [9.17, 15) is 9.59 Å². The van der Waals surface area contributed by atoms with E-state index in [-0.39, 0.29) is 25.2 Å². The predicted octanol–water partition coefficient (Wildman–Crippen LogP) is 19.8. The second kappa shape index (κ2) is 58.1. The molecule has 0 fully saturated rings. The molecule has 0 saturated carbocycles. The van der Waals surface area contributed by atoms with Crippen LogP contribution in [0.15, 0.2) is 97.2 Å². The van der Waals surface area contributed by atoms with Gasteiger partial charge in [0, 0.05) is 19.4 Å². The van der Waals surface area contributed by atoms with Crippen molar-refractivity contribution >= 4 is 11.9 Å². The standard InChI is InChI=1S/C63H108O5/c1-4-7-10-13-16-19-22-25-28-30-32-33-36-38-41-44-47-50-53-56-62(64)67-60-61(68-63(65)57-54-51-48-45-42-39-35-27-24-21-18-15-12-9-6-3)59-66-58-55-52-49-46-43-40-37-34-31-29-26-23-20-17-14-11-8-5-2/h8-9,11-12,16-21,25-29,35,61H,4-7,10,13-15,22-24,30-34,36-60H2,1-3H3/b11-8-,12-9-,19-16-,20-17-,21-18-,28-25-,29-26-,35-27-. The van der Waals surface area contributed by atoms with Gasteiger partial charge in [0.25, 0.3) is 0 Å². The van der Waals surface area contributed by atoms with Gasteiger partial charge in [0.2, 0.25) is 0 Å². The molecular weight excluding hydrogens is 837 g/mol. The molecule has 0 aromatic carbocycles. The molecule has 0 aliphatic heterocycles. The second-order valence-corrected chi connectivity index (χ2v) is 18.8. The van der Waals surface area contributed by atoms with E-state index in [2.05, 4.69) is 118 Å². The summed E-state index contributed by atoms with van der Waals surface area (Å²) in [5, 5.41) is 0. The van der Waals surface area contributed by atoms with Crippen LogP contribution >= 0.6 is 0 Å². The normalized spacial score (nSPS) is 12.9. The molecule has 1 unspecified atom stereocenters. The van der Waals surface area contributed by atoms with Gasteiger partial charge in [-0.2, -0.15) is 0 Å². The van der Waals surface area contributed by atoms with Gasteiger partial charge in [0.05, 0.1) is 6.61 Å². The number of hydrogen-bond donors (Lipinski definition) is 0. The van der Waals surface area contributed by atoms with Gasteiger partial charge in [0.15, 0.2) is 6.10 Å². The minimum Gasteiger partial charge on any atom is -0.462 e. The molecule has 5 heteroatoms. The summed E-state index contributed by atoms with van der Waals surface area (Å²) in [5.41, 5.74) is 0. The van der Waals surface area contributed by atoms with E-state index in [1.54, 1.807) is 0 Å². The van der Waals surface area contributed by atoms with Gasteiger partial charge in [-0.3, -0.25) is 9.59 Å². The summed E-state index contributed by atoms with van der Waals surface area (Å²) in [5.74, 6) is -0.423. The molecule has 0 saturated heterocycles. The predicted molar refractivity (Wildman–Crippen MR) is 297 cm³/mol. The molecule has 0 aliphatic carbocycles. The summed E-state index contributed by atoms with van der Waals surface area (Å²) in [6.07, 6.45) is 78.5. The summed E-state index contributed by atoms with van der Waals surface area (Å²) in [4.78, 5) is 25.5. The quantitative estimate of drug-likeness (QED) is 0.0345. The number of unbranched alkanes of at least 4 members (excludes halogenated alkanes) is 25. The fourth-order valence-electron chi connectivity index (χ4n) is 7.86. The molecule has 0 aromatic heterocycles. The maximum Gasteiger partial charge on any atom is 0.306 e. The van der Waals surface area contributed by atoms with Crippen molar-refractivity contribution in [1.29, 1.82) is 0 Å². The van der Waals surface area contributed by atoms with Crippen LogP contribution in [-0.2, 0) is 23.8 Å². The molecule has 0 bridgehead atoms. The Balaban J connectivity index is 4.31. The lowest BCUT2D eigenvalue weighted by Crippen LogP contribution is -2.30. The zero-order valence-corrected chi connectivity index (χ0v) is 44.8.